The normalized spacial score (nSPS) is 13.5. The lowest BCUT2D eigenvalue weighted by molar-refractivity contribution is -0.129. The molecule has 0 spiro atoms. The number of amides is 1. The van der Waals surface area contributed by atoms with Crippen LogP contribution in [0.3, 0.4) is 0 Å². The van der Waals surface area contributed by atoms with Crippen molar-refractivity contribution in [1.29, 1.82) is 0 Å². The molecule has 172 valence electrons. The molecule has 1 amide bonds. The van der Waals surface area contributed by atoms with Gasteiger partial charge in [-0.25, -0.2) is 8.42 Å². The van der Waals surface area contributed by atoms with E-state index >= 15 is 0 Å². The van der Waals surface area contributed by atoms with E-state index in [9.17, 15) is 13.2 Å². The number of nitrogens with one attached hydrogen (secondary N) is 2. The third kappa shape index (κ3) is 7.05. The summed E-state index contributed by atoms with van der Waals surface area (Å²) in [5.41, 5.74) is 2.25. The van der Waals surface area contributed by atoms with Crippen LogP contribution >= 0.6 is 11.6 Å². The number of carbonyl (C=O) groups excluding carboxylic acids is 1. The molecule has 3 rings (SSSR count). The number of rotatable bonds is 11. The molecular formula is C23H29ClN4O3S. The minimum atomic E-state index is -3.42. The van der Waals surface area contributed by atoms with E-state index in [1.54, 1.807) is 24.1 Å². The number of aliphatic imine (C=N–C) groups is 1. The molecule has 2 aromatic rings. The smallest absolute Gasteiger partial charge is 0.222 e. The lowest BCUT2D eigenvalue weighted by Gasteiger charge is -2.17. The quantitative estimate of drug-likeness (QED) is 0.486. The van der Waals surface area contributed by atoms with Crippen molar-refractivity contribution < 1.29 is 13.2 Å². The fourth-order valence-corrected chi connectivity index (χ4v) is 4.59. The number of benzene rings is 2. The molecule has 0 atom stereocenters. The van der Waals surface area contributed by atoms with Gasteiger partial charge >= 0.3 is 0 Å². The molecule has 2 N–H and O–H groups in total. The van der Waals surface area contributed by atoms with E-state index in [4.69, 9.17) is 11.6 Å². The highest BCUT2D eigenvalue weighted by Crippen LogP contribution is 2.15. The first-order valence-electron chi connectivity index (χ1n) is 10.7. The highest BCUT2D eigenvalue weighted by atomic mass is 35.5. The summed E-state index contributed by atoms with van der Waals surface area (Å²) >= 11 is 5.80. The summed E-state index contributed by atoms with van der Waals surface area (Å²) in [4.78, 5) is 18.7. The maximum absolute atomic E-state index is 12.3. The first-order valence-corrected chi connectivity index (χ1v) is 12.7. The van der Waals surface area contributed by atoms with Crippen LogP contribution in [-0.2, 0) is 21.1 Å². The summed E-state index contributed by atoms with van der Waals surface area (Å²) in [7, 11) is -1.62. The second-order valence-electron chi connectivity index (χ2n) is 7.74. The Labute approximate surface area is 194 Å². The molecule has 0 saturated heterocycles. The number of hydrogen-bond donors (Lipinski definition) is 2. The van der Waals surface area contributed by atoms with Crippen molar-refractivity contribution in [3.63, 3.8) is 0 Å². The van der Waals surface area contributed by atoms with Gasteiger partial charge in [-0.05, 0) is 49.2 Å². The average Bonchev–Trinajstić information content (AvgIpc) is 3.32. The van der Waals surface area contributed by atoms with Crippen molar-refractivity contribution in [1.82, 2.24) is 15.5 Å². The molecule has 7 nitrogen and oxygen atoms in total. The van der Waals surface area contributed by atoms with Gasteiger partial charge in [0.25, 0.3) is 0 Å². The van der Waals surface area contributed by atoms with Crippen LogP contribution in [0, 0.1) is 0 Å². The zero-order valence-electron chi connectivity index (χ0n) is 18.2. The molecule has 0 bridgehead atoms. The topological polar surface area (TPSA) is 90.9 Å². The van der Waals surface area contributed by atoms with E-state index in [1.165, 1.54) is 17.7 Å². The summed E-state index contributed by atoms with van der Waals surface area (Å²) in [6, 6.07) is 14.3. The Hall–Kier alpha value is -2.42. The molecule has 0 fully saturated rings. The zero-order valence-corrected chi connectivity index (χ0v) is 19.8. The Kier molecular flexibility index (Phi) is 8.67. The van der Waals surface area contributed by atoms with Crippen molar-refractivity contribution in [2.45, 2.75) is 24.2 Å². The molecule has 1 aliphatic rings. The van der Waals surface area contributed by atoms with E-state index in [0.29, 0.717) is 31.0 Å². The van der Waals surface area contributed by atoms with Gasteiger partial charge in [0.05, 0.1) is 11.4 Å². The van der Waals surface area contributed by atoms with Gasteiger partial charge in [-0.2, -0.15) is 0 Å². The van der Waals surface area contributed by atoms with E-state index in [0.717, 1.165) is 30.9 Å². The summed E-state index contributed by atoms with van der Waals surface area (Å²) < 4.78 is 24.5. The van der Waals surface area contributed by atoms with Gasteiger partial charge in [0.2, 0.25) is 5.91 Å². The van der Waals surface area contributed by atoms with Crippen LogP contribution in [0.5, 0.6) is 0 Å². The number of halogens is 1. The summed E-state index contributed by atoms with van der Waals surface area (Å²) in [5.74, 6) is 0.822. The van der Waals surface area contributed by atoms with Crippen molar-refractivity contribution >= 4 is 33.2 Å². The highest BCUT2D eigenvalue weighted by Gasteiger charge is 2.14. The van der Waals surface area contributed by atoms with Crippen LogP contribution in [0.15, 0.2) is 58.4 Å². The van der Waals surface area contributed by atoms with Crippen LogP contribution in [0.2, 0.25) is 5.02 Å². The third-order valence-electron chi connectivity index (χ3n) is 5.27. The molecule has 9 heteroatoms. The number of likely N-dealkylation sites (N-methyl/N-ethyl adjacent to an activating group) is 1. The lowest BCUT2D eigenvalue weighted by atomic mass is 10.1. The molecule has 0 unspecified atom stereocenters. The summed E-state index contributed by atoms with van der Waals surface area (Å²) in [6.45, 7) is 2.79. The first kappa shape index (κ1) is 24.2. The molecule has 0 aromatic heterocycles. The zero-order chi connectivity index (χ0) is 23.0. The van der Waals surface area contributed by atoms with Gasteiger partial charge in [0, 0.05) is 37.1 Å². The van der Waals surface area contributed by atoms with Crippen LogP contribution in [-0.4, -0.2) is 64.2 Å². The first-order chi connectivity index (χ1) is 15.3. The molecule has 0 radical (unpaired) electrons. The molecule has 1 aliphatic heterocycles. The van der Waals surface area contributed by atoms with Crippen LogP contribution in [0.4, 0.5) is 0 Å². The Morgan fingerprint density at radius 1 is 1.16 bits per heavy atom. The van der Waals surface area contributed by atoms with Crippen molar-refractivity contribution in [2.75, 3.05) is 39.1 Å². The van der Waals surface area contributed by atoms with Gasteiger partial charge < -0.3 is 15.5 Å². The predicted octanol–water partition coefficient (Wildman–Crippen LogP) is 2.49. The van der Waals surface area contributed by atoms with Crippen molar-refractivity contribution in [3.05, 3.63) is 64.7 Å². The van der Waals surface area contributed by atoms with Gasteiger partial charge in [-0.15, -0.1) is 0 Å². The average molecular weight is 477 g/mol. The van der Waals surface area contributed by atoms with Crippen LogP contribution in [0.1, 0.15) is 24.0 Å². The maximum atomic E-state index is 12.3. The Bertz CT molecular complexity index is 1040. The number of hydrogen-bond acceptors (Lipinski definition) is 6. The molecule has 32 heavy (non-hydrogen) atoms. The fraction of sp³-hybridized carbons (Fsp3) is 0.391. The minimum Gasteiger partial charge on any atom is -0.368 e. The van der Waals surface area contributed by atoms with Crippen molar-refractivity contribution in [3.8, 4) is 0 Å². The maximum Gasteiger partial charge on any atom is 0.222 e. The molecular weight excluding hydrogens is 448 g/mol. The lowest BCUT2D eigenvalue weighted by Crippen LogP contribution is -2.30. The van der Waals surface area contributed by atoms with E-state index in [1.807, 2.05) is 0 Å². The third-order valence-corrected chi connectivity index (χ3v) is 7.10. The van der Waals surface area contributed by atoms with E-state index < -0.39 is 9.84 Å². The Morgan fingerprint density at radius 2 is 1.88 bits per heavy atom. The van der Waals surface area contributed by atoms with E-state index in [-0.39, 0.29) is 16.7 Å². The highest BCUT2D eigenvalue weighted by molar-refractivity contribution is 7.91. The molecule has 0 saturated carbocycles. The SMILES string of the molecule is CN(CCc1ccc(C2=NCCN2)cc1)C(=O)CCCNCS(=O)(=O)c1ccc(Cl)cc1. The molecule has 0 aliphatic carbocycles. The number of carbonyl (C=O) groups is 1. The van der Waals surface area contributed by atoms with E-state index in [2.05, 4.69) is 39.9 Å². The summed E-state index contributed by atoms with van der Waals surface area (Å²) in [5, 5.41) is 6.66. The second kappa shape index (κ2) is 11.4. The van der Waals surface area contributed by atoms with Crippen LogP contribution < -0.4 is 10.6 Å². The molecule has 2 aromatic carbocycles. The van der Waals surface area contributed by atoms with Gasteiger partial charge in [0.15, 0.2) is 9.84 Å². The standard InChI is InChI=1S/C23H29ClN4O3S/c1-28(16-12-18-4-6-19(7-5-18)23-26-14-15-27-23)22(29)3-2-13-25-17-32(30,31)21-10-8-20(24)9-11-21/h4-11,25H,2-3,12-17H2,1H3,(H,26,27). The van der Waals surface area contributed by atoms with Gasteiger partial charge in [-0.1, -0.05) is 35.9 Å². The van der Waals surface area contributed by atoms with Crippen molar-refractivity contribution in [2.24, 2.45) is 4.99 Å². The largest absolute Gasteiger partial charge is 0.368 e. The minimum absolute atomic E-state index is 0.0495. The second-order valence-corrected chi connectivity index (χ2v) is 10.2. The fourth-order valence-electron chi connectivity index (χ4n) is 3.33. The Balaban J connectivity index is 1.33. The number of sulfone groups is 1. The summed E-state index contributed by atoms with van der Waals surface area (Å²) in [6.07, 6.45) is 1.72. The van der Waals surface area contributed by atoms with Gasteiger partial charge in [-0.3, -0.25) is 9.79 Å². The number of amidine groups is 1. The monoisotopic (exact) mass is 476 g/mol. The van der Waals surface area contributed by atoms with Gasteiger partial charge in [0.1, 0.15) is 11.7 Å². The number of nitrogens with zero attached hydrogens (tertiary/aromatic N) is 2. The molecule has 1 heterocycles. The Morgan fingerprint density at radius 3 is 2.53 bits per heavy atom. The van der Waals surface area contributed by atoms with Crippen LogP contribution in [0.25, 0.3) is 0 Å². The predicted molar refractivity (Wildman–Crippen MR) is 128 cm³/mol.